The third-order valence-corrected chi connectivity index (χ3v) is 6.76. The highest BCUT2D eigenvalue weighted by molar-refractivity contribution is 5.72. The molecular formula is C27H30N2O. The van der Waals surface area contributed by atoms with Crippen molar-refractivity contribution in [3.63, 3.8) is 0 Å². The highest BCUT2D eigenvalue weighted by atomic mass is 16.3. The summed E-state index contributed by atoms with van der Waals surface area (Å²) in [6, 6.07) is 30.3. The van der Waals surface area contributed by atoms with Gasteiger partial charge in [0.05, 0.1) is 6.10 Å². The molecule has 3 aromatic carbocycles. The van der Waals surface area contributed by atoms with Gasteiger partial charge in [-0.25, -0.2) is 0 Å². The van der Waals surface area contributed by atoms with E-state index in [0.29, 0.717) is 12.0 Å². The summed E-state index contributed by atoms with van der Waals surface area (Å²) in [7, 11) is 0. The molecule has 154 valence electrons. The average molecular weight is 399 g/mol. The van der Waals surface area contributed by atoms with Crippen molar-refractivity contribution >= 4 is 11.4 Å². The topological polar surface area (TPSA) is 26.7 Å². The van der Waals surface area contributed by atoms with Crippen molar-refractivity contribution in [1.29, 1.82) is 0 Å². The molecule has 0 saturated carbocycles. The van der Waals surface area contributed by atoms with Gasteiger partial charge in [-0.15, -0.1) is 0 Å². The van der Waals surface area contributed by atoms with Crippen LogP contribution in [0.4, 0.5) is 11.4 Å². The van der Waals surface area contributed by atoms with Crippen molar-refractivity contribution in [3.8, 4) is 0 Å². The first-order valence-electron chi connectivity index (χ1n) is 11.2. The van der Waals surface area contributed by atoms with Gasteiger partial charge in [0, 0.05) is 36.4 Å². The van der Waals surface area contributed by atoms with Gasteiger partial charge in [0.15, 0.2) is 0 Å². The highest BCUT2D eigenvalue weighted by Crippen LogP contribution is 2.48. The number of likely N-dealkylation sites (tertiary alicyclic amines) is 1. The van der Waals surface area contributed by atoms with E-state index < -0.39 is 0 Å². The number of nitrogens with zero attached hydrogens (tertiary/aromatic N) is 2. The first-order chi connectivity index (χ1) is 14.8. The fourth-order valence-electron chi connectivity index (χ4n) is 5.29. The molecule has 2 heterocycles. The van der Waals surface area contributed by atoms with E-state index in [1.54, 1.807) is 0 Å². The minimum atomic E-state index is -0.357. The summed E-state index contributed by atoms with van der Waals surface area (Å²) in [5.41, 5.74) is 5.19. The first kappa shape index (κ1) is 19.3. The molecule has 1 N–H and O–H groups in total. The van der Waals surface area contributed by atoms with Crippen LogP contribution in [-0.2, 0) is 0 Å². The third kappa shape index (κ3) is 3.76. The lowest BCUT2D eigenvalue weighted by Gasteiger charge is -2.39. The molecule has 3 heteroatoms. The molecule has 0 spiro atoms. The predicted molar refractivity (Wildman–Crippen MR) is 123 cm³/mol. The maximum atomic E-state index is 10.5. The summed E-state index contributed by atoms with van der Waals surface area (Å²) in [5.74, 6) is 0.550. The summed E-state index contributed by atoms with van der Waals surface area (Å²) in [5, 5.41) is 10.5. The number of fused-ring (bicyclic) bond motifs is 3. The van der Waals surface area contributed by atoms with Crippen LogP contribution in [0.25, 0.3) is 0 Å². The molecule has 0 aliphatic carbocycles. The molecule has 1 unspecified atom stereocenters. The van der Waals surface area contributed by atoms with Gasteiger partial charge in [-0.3, -0.25) is 0 Å². The van der Waals surface area contributed by atoms with E-state index in [-0.39, 0.29) is 6.10 Å². The lowest BCUT2D eigenvalue weighted by Crippen LogP contribution is -2.45. The second kappa shape index (κ2) is 8.63. The van der Waals surface area contributed by atoms with Crippen LogP contribution in [0.15, 0.2) is 84.9 Å². The minimum absolute atomic E-state index is 0.357. The Labute approximate surface area is 179 Å². The Morgan fingerprint density at radius 1 is 0.867 bits per heavy atom. The van der Waals surface area contributed by atoms with Crippen molar-refractivity contribution in [2.24, 2.45) is 0 Å². The van der Waals surface area contributed by atoms with Gasteiger partial charge >= 0.3 is 0 Å². The number of aliphatic hydroxyl groups excluding tert-OH is 1. The Kier molecular flexibility index (Phi) is 5.56. The lowest BCUT2D eigenvalue weighted by molar-refractivity contribution is 0.145. The Bertz CT molecular complexity index is 957. The summed E-state index contributed by atoms with van der Waals surface area (Å²) < 4.78 is 0. The minimum Gasteiger partial charge on any atom is -0.388 e. The van der Waals surface area contributed by atoms with Crippen molar-refractivity contribution < 1.29 is 5.11 Å². The van der Waals surface area contributed by atoms with E-state index in [1.165, 1.54) is 23.4 Å². The van der Waals surface area contributed by atoms with Gasteiger partial charge in [-0.05, 0) is 55.1 Å². The molecule has 3 nitrogen and oxygen atoms in total. The molecular weight excluding hydrogens is 368 g/mol. The second-order valence-corrected chi connectivity index (χ2v) is 8.60. The van der Waals surface area contributed by atoms with Crippen LogP contribution >= 0.6 is 0 Å². The van der Waals surface area contributed by atoms with E-state index in [0.717, 1.165) is 38.0 Å². The fourth-order valence-corrected chi connectivity index (χ4v) is 5.29. The van der Waals surface area contributed by atoms with Crippen LogP contribution in [0.5, 0.6) is 0 Å². The van der Waals surface area contributed by atoms with E-state index >= 15 is 0 Å². The molecule has 1 fully saturated rings. The number of rotatable bonds is 6. The Hall–Kier alpha value is -2.62. The van der Waals surface area contributed by atoms with Gasteiger partial charge in [0.2, 0.25) is 0 Å². The lowest BCUT2D eigenvalue weighted by atomic mass is 9.89. The molecule has 3 atom stereocenters. The summed E-state index contributed by atoms with van der Waals surface area (Å²) in [4.78, 5) is 5.17. The summed E-state index contributed by atoms with van der Waals surface area (Å²) in [6.07, 6.45) is 2.67. The normalized spacial score (nSPS) is 21.8. The van der Waals surface area contributed by atoms with E-state index in [4.69, 9.17) is 0 Å². The number of anilines is 2. The molecule has 30 heavy (non-hydrogen) atoms. The highest BCUT2D eigenvalue weighted by Gasteiger charge is 2.42. The smallest absolute Gasteiger partial charge is 0.0790 e. The van der Waals surface area contributed by atoms with Gasteiger partial charge in [-0.2, -0.15) is 0 Å². The van der Waals surface area contributed by atoms with Gasteiger partial charge in [0.1, 0.15) is 0 Å². The van der Waals surface area contributed by atoms with Crippen LogP contribution in [0.3, 0.4) is 0 Å². The molecule has 2 aliphatic heterocycles. The summed E-state index contributed by atoms with van der Waals surface area (Å²) >= 11 is 0. The third-order valence-electron chi connectivity index (χ3n) is 6.76. The quantitative estimate of drug-likeness (QED) is 0.593. The monoisotopic (exact) mass is 398 g/mol. The van der Waals surface area contributed by atoms with Crippen LogP contribution in [0.1, 0.15) is 42.4 Å². The zero-order chi connectivity index (χ0) is 20.3. The number of aliphatic hydroxyl groups is 1. The number of piperidine rings is 1. The zero-order valence-corrected chi connectivity index (χ0v) is 17.4. The van der Waals surface area contributed by atoms with Crippen molar-refractivity contribution in [2.45, 2.75) is 37.3 Å². The molecule has 5 rings (SSSR count). The van der Waals surface area contributed by atoms with Gasteiger partial charge in [-0.1, -0.05) is 66.7 Å². The molecule has 1 saturated heterocycles. The Morgan fingerprint density at radius 3 is 2.37 bits per heavy atom. The maximum absolute atomic E-state index is 10.5. The number of para-hydroxylation sites is 2. The number of benzene rings is 3. The number of hydrogen-bond acceptors (Lipinski definition) is 3. The molecule has 0 bridgehead atoms. The standard InChI is InChI=1S/C27H30N2O/c30-27(21-10-3-1-4-11-21)16-9-18-28-19-17-26-24(20-28)23-14-7-8-15-25(23)29(26)22-12-5-2-6-13-22/h1-8,10-15,24,26-27,30H,9,16-20H2/t24-,26+,27?/m1/s1. The Morgan fingerprint density at radius 2 is 1.57 bits per heavy atom. The van der Waals surface area contributed by atoms with Crippen LogP contribution in [0.2, 0.25) is 0 Å². The van der Waals surface area contributed by atoms with E-state index in [2.05, 4.69) is 64.4 Å². The molecule has 0 radical (unpaired) electrons. The van der Waals surface area contributed by atoms with Crippen LogP contribution in [0, 0.1) is 0 Å². The van der Waals surface area contributed by atoms with Crippen molar-refractivity contribution in [2.75, 3.05) is 24.5 Å². The first-order valence-corrected chi connectivity index (χ1v) is 11.2. The SMILES string of the molecule is OC(CCCN1CC[C@H]2[C@H](C1)c1ccccc1N2c1ccccc1)c1ccccc1. The van der Waals surface area contributed by atoms with E-state index in [1.807, 2.05) is 30.3 Å². The molecule has 0 aromatic heterocycles. The van der Waals surface area contributed by atoms with E-state index in [9.17, 15) is 5.11 Å². The second-order valence-electron chi connectivity index (χ2n) is 8.60. The Balaban J connectivity index is 1.25. The predicted octanol–water partition coefficient (Wildman–Crippen LogP) is 5.51. The van der Waals surface area contributed by atoms with Crippen molar-refractivity contribution in [1.82, 2.24) is 4.90 Å². The molecule has 0 amide bonds. The number of hydrogen-bond donors (Lipinski definition) is 1. The van der Waals surface area contributed by atoms with Gasteiger partial charge < -0.3 is 14.9 Å². The molecule has 2 aliphatic rings. The maximum Gasteiger partial charge on any atom is 0.0790 e. The fraction of sp³-hybridized carbons (Fsp3) is 0.333. The van der Waals surface area contributed by atoms with Crippen molar-refractivity contribution in [3.05, 3.63) is 96.1 Å². The molecule has 3 aromatic rings. The van der Waals surface area contributed by atoms with Gasteiger partial charge in [0.25, 0.3) is 0 Å². The zero-order valence-electron chi connectivity index (χ0n) is 17.4. The van der Waals surface area contributed by atoms with Crippen LogP contribution < -0.4 is 4.90 Å². The average Bonchev–Trinajstić information content (AvgIpc) is 3.14. The van der Waals surface area contributed by atoms with Crippen LogP contribution in [-0.4, -0.2) is 35.7 Å². The summed E-state index contributed by atoms with van der Waals surface area (Å²) in [6.45, 7) is 3.28. The largest absolute Gasteiger partial charge is 0.388 e.